The van der Waals surface area contributed by atoms with Crippen molar-refractivity contribution in [3.05, 3.63) is 32.7 Å². The normalized spacial score (nSPS) is 10.9. The zero-order valence-electron chi connectivity index (χ0n) is 14.3. The fraction of sp³-hybridized carbons (Fsp3) is 0.467. The number of nitrogens with zero attached hydrogens (tertiary/aromatic N) is 4. The summed E-state index contributed by atoms with van der Waals surface area (Å²) in [5.41, 5.74) is -1.42. The summed E-state index contributed by atoms with van der Waals surface area (Å²) in [5.74, 6) is -3.16. The van der Waals surface area contributed by atoms with E-state index in [0.29, 0.717) is 0 Å². The molecule has 0 atom stereocenters. The first-order valence-electron chi connectivity index (χ1n) is 7.59. The number of carbonyl (C=O) groups excluding carboxylic acids is 2. The molecule has 2 aromatic heterocycles. The first-order chi connectivity index (χ1) is 11.8. The van der Waals surface area contributed by atoms with Crippen LogP contribution in [0.4, 0.5) is 0 Å². The van der Waals surface area contributed by atoms with Crippen LogP contribution in [0.25, 0.3) is 11.2 Å². The number of ether oxygens (including phenoxy) is 2. The van der Waals surface area contributed by atoms with E-state index < -0.39 is 29.1 Å². The summed E-state index contributed by atoms with van der Waals surface area (Å²) in [6, 6.07) is 0. The molecule has 0 amide bonds. The van der Waals surface area contributed by atoms with Gasteiger partial charge in [-0.05, 0) is 13.8 Å². The Morgan fingerprint density at radius 1 is 1.08 bits per heavy atom. The number of fused-ring (bicyclic) bond motifs is 1. The number of aromatic nitrogens is 4. The van der Waals surface area contributed by atoms with Crippen molar-refractivity contribution < 1.29 is 19.1 Å². The van der Waals surface area contributed by atoms with Crippen LogP contribution in [-0.2, 0) is 33.2 Å². The Kier molecular flexibility index (Phi) is 5.30. The SMILES string of the molecule is CCOC(=O)C(C(=O)OCC)c1cnc2c(n1)c(=O)n(C)c(=O)n2C. The van der Waals surface area contributed by atoms with Crippen LogP contribution >= 0.6 is 0 Å². The van der Waals surface area contributed by atoms with E-state index in [1.54, 1.807) is 13.8 Å². The highest BCUT2D eigenvalue weighted by atomic mass is 16.6. The van der Waals surface area contributed by atoms with E-state index in [1.807, 2.05) is 0 Å². The Morgan fingerprint density at radius 3 is 2.16 bits per heavy atom. The molecule has 2 rings (SSSR count). The van der Waals surface area contributed by atoms with Crippen molar-refractivity contribution in [1.82, 2.24) is 19.1 Å². The number of esters is 2. The first kappa shape index (κ1) is 18.3. The van der Waals surface area contributed by atoms with Gasteiger partial charge in [-0.1, -0.05) is 0 Å². The average Bonchev–Trinajstić information content (AvgIpc) is 2.58. The second-order valence-corrected chi connectivity index (χ2v) is 5.11. The standard InChI is InChI=1S/C15H18N4O6/c1-5-24-13(21)9(14(22)25-6-2)8-7-16-11-10(17-8)12(20)19(4)15(23)18(11)3/h7,9H,5-6H2,1-4H3. The molecule has 0 unspecified atom stereocenters. The van der Waals surface area contributed by atoms with Gasteiger partial charge in [0.15, 0.2) is 17.1 Å². The smallest absolute Gasteiger partial charge is 0.332 e. The third kappa shape index (κ3) is 3.28. The van der Waals surface area contributed by atoms with Gasteiger partial charge >= 0.3 is 17.6 Å². The summed E-state index contributed by atoms with van der Waals surface area (Å²) >= 11 is 0. The molecule has 0 fully saturated rings. The lowest BCUT2D eigenvalue weighted by atomic mass is 10.1. The summed E-state index contributed by atoms with van der Waals surface area (Å²) in [4.78, 5) is 56.6. The maximum absolute atomic E-state index is 12.3. The monoisotopic (exact) mass is 350 g/mol. The van der Waals surface area contributed by atoms with E-state index >= 15 is 0 Å². The van der Waals surface area contributed by atoms with E-state index in [-0.39, 0.29) is 30.1 Å². The van der Waals surface area contributed by atoms with Crippen LogP contribution in [0.3, 0.4) is 0 Å². The van der Waals surface area contributed by atoms with Gasteiger partial charge in [0, 0.05) is 14.1 Å². The highest BCUT2D eigenvalue weighted by molar-refractivity contribution is 6.00. The van der Waals surface area contributed by atoms with Crippen molar-refractivity contribution in [1.29, 1.82) is 0 Å². The molecular formula is C15H18N4O6. The third-order valence-electron chi connectivity index (χ3n) is 3.51. The molecule has 10 heteroatoms. The maximum Gasteiger partial charge on any atom is 0.332 e. The molecule has 0 spiro atoms. The van der Waals surface area contributed by atoms with Crippen molar-refractivity contribution in [3.63, 3.8) is 0 Å². The van der Waals surface area contributed by atoms with Crippen LogP contribution < -0.4 is 11.2 Å². The third-order valence-corrected chi connectivity index (χ3v) is 3.51. The van der Waals surface area contributed by atoms with Gasteiger partial charge in [0.05, 0.1) is 25.1 Å². The fourth-order valence-corrected chi connectivity index (χ4v) is 2.27. The lowest BCUT2D eigenvalue weighted by molar-refractivity contribution is -0.157. The van der Waals surface area contributed by atoms with Gasteiger partial charge < -0.3 is 9.47 Å². The van der Waals surface area contributed by atoms with Gasteiger partial charge in [-0.15, -0.1) is 0 Å². The maximum atomic E-state index is 12.3. The molecule has 0 aliphatic heterocycles. The highest BCUT2D eigenvalue weighted by Crippen LogP contribution is 2.18. The zero-order chi connectivity index (χ0) is 18.7. The fourth-order valence-electron chi connectivity index (χ4n) is 2.27. The number of aryl methyl sites for hydroxylation is 1. The lowest BCUT2D eigenvalue weighted by Gasteiger charge is -2.14. The van der Waals surface area contributed by atoms with Gasteiger partial charge in [-0.2, -0.15) is 0 Å². The molecule has 0 aliphatic carbocycles. The minimum Gasteiger partial charge on any atom is -0.465 e. The largest absolute Gasteiger partial charge is 0.465 e. The zero-order valence-corrected chi connectivity index (χ0v) is 14.3. The highest BCUT2D eigenvalue weighted by Gasteiger charge is 2.33. The van der Waals surface area contributed by atoms with Gasteiger partial charge in [-0.25, -0.2) is 14.8 Å². The van der Waals surface area contributed by atoms with Gasteiger partial charge in [-0.3, -0.25) is 23.5 Å². The van der Waals surface area contributed by atoms with E-state index in [4.69, 9.17) is 9.47 Å². The van der Waals surface area contributed by atoms with Crippen molar-refractivity contribution in [2.45, 2.75) is 19.8 Å². The van der Waals surface area contributed by atoms with E-state index in [0.717, 1.165) is 15.3 Å². The van der Waals surface area contributed by atoms with Gasteiger partial charge in [0.25, 0.3) is 5.56 Å². The summed E-state index contributed by atoms with van der Waals surface area (Å²) in [7, 11) is 2.74. The van der Waals surface area contributed by atoms with Gasteiger partial charge in [0.2, 0.25) is 0 Å². The summed E-state index contributed by atoms with van der Waals surface area (Å²) < 4.78 is 11.8. The molecule has 25 heavy (non-hydrogen) atoms. The Hall–Kier alpha value is -3.04. The molecule has 0 N–H and O–H groups in total. The second kappa shape index (κ2) is 7.24. The predicted octanol–water partition coefficient (Wildman–Crippen LogP) is -0.763. The Bertz CT molecular complexity index is 927. The van der Waals surface area contributed by atoms with E-state index in [2.05, 4.69) is 9.97 Å². The second-order valence-electron chi connectivity index (χ2n) is 5.11. The molecule has 10 nitrogen and oxygen atoms in total. The van der Waals surface area contributed by atoms with Crippen LogP contribution in [0.5, 0.6) is 0 Å². The molecule has 0 radical (unpaired) electrons. The van der Waals surface area contributed by atoms with Crippen molar-refractivity contribution in [3.8, 4) is 0 Å². The van der Waals surface area contributed by atoms with Crippen LogP contribution in [0, 0.1) is 0 Å². The Balaban J connectivity index is 2.69. The molecule has 0 saturated heterocycles. The molecule has 2 aromatic rings. The van der Waals surface area contributed by atoms with Crippen molar-refractivity contribution in [2.75, 3.05) is 13.2 Å². The summed E-state index contributed by atoms with van der Waals surface area (Å²) in [6.45, 7) is 3.31. The molecular weight excluding hydrogens is 332 g/mol. The molecule has 0 bridgehead atoms. The quantitative estimate of drug-likeness (QED) is 0.509. The van der Waals surface area contributed by atoms with E-state index in [1.165, 1.54) is 14.1 Å². The van der Waals surface area contributed by atoms with Crippen LogP contribution in [0.1, 0.15) is 25.5 Å². The van der Waals surface area contributed by atoms with Crippen LogP contribution in [-0.4, -0.2) is 44.3 Å². The van der Waals surface area contributed by atoms with E-state index in [9.17, 15) is 19.2 Å². The Morgan fingerprint density at radius 2 is 1.64 bits per heavy atom. The van der Waals surface area contributed by atoms with Gasteiger partial charge in [0.1, 0.15) is 0 Å². The predicted molar refractivity (Wildman–Crippen MR) is 86.0 cm³/mol. The minimum absolute atomic E-state index is 0.0447. The Labute approximate surface area is 142 Å². The van der Waals surface area contributed by atoms with Crippen LogP contribution in [0.2, 0.25) is 0 Å². The summed E-state index contributed by atoms with van der Waals surface area (Å²) in [6.07, 6.45) is 1.15. The number of hydrogen-bond donors (Lipinski definition) is 0. The number of rotatable bonds is 5. The molecule has 2 heterocycles. The molecule has 134 valence electrons. The average molecular weight is 350 g/mol. The number of hydrogen-bond acceptors (Lipinski definition) is 8. The summed E-state index contributed by atoms with van der Waals surface area (Å²) in [5, 5.41) is 0. The van der Waals surface area contributed by atoms with Crippen molar-refractivity contribution >= 4 is 23.1 Å². The first-order valence-corrected chi connectivity index (χ1v) is 7.59. The lowest BCUT2D eigenvalue weighted by Crippen LogP contribution is -2.38. The minimum atomic E-state index is -1.46. The van der Waals surface area contributed by atoms with Crippen molar-refractivity contribution in [2.24, 2.45) is 14.1 Å². The number of carbonyl (C=O) groups is 2. The topological polar surface area (TPSA) is 122 Å². The molecule has 0 aliphatic rings. The molecule has 0 saturated carbocycles. The molecule has 0 aromatic carbocycles. The van der Waals surface area contributed by atoms with Crippen LogP contribution in [0.15, 0.2) is 15.8 Å².